The van der Waals surface area contributed by atoms with Crippen molar-refractivity contribution < 1.29 is 19.1 Å². The minimum Gasteiger partial charge on any atom is -0.465 e. The summed E-state index contributed by atoms with van der Waals surface area (Å²) in [5.41, 5.74) is 2.08. The molecule has 1 heterocycles. The Bertz CT molecular complexity index is 1150. The number of benzene rings is 3. The summed E-state index contributed by atoms with van der Waals surface area (Å²) in [5, 5.41) is 1.80. The average molecular weight is 403 g/mol. The van der Waals surface area contributed by atoms with E-state index in [1.807, 2.05) is 42.5 Å². The number of carbonyl (C=O) groups is 3. The molecule has 6 heteroatoms. The monoisotopic (exact) mass is 403 g/mol. The van der Waals surface area contributed by atoms with Gasteiger partial charge in [0.25, 0.3) is 11.1 Å². The zero-order valence-electron chi connectivity index (χ0n) is 15.6. The number of methoxy groups -OCH3 is 1. The standard InChI is InChI=1S/C23H17NO4S/c1-28-22(26)17-11-9-15(10-12-17)13-20-21(25)24(23(27)29-20)14-18-7-4-6-16-5-2-3-8-19(16)18/h2-13H,14H2,1H3/b20-13-. The first kappa shape index (κ1) is 19.0. The summed E-state index contributed by atoms with van der Waals surface area (Å²) in [6.45, 7) is 0.227. The second-order valence-corrected chi connectivity index (χ2v) is 7.51. The molecule has 3 aromatic rings. The molecule has 0 unspecified atom stereocenters. The number of carbonyl (C=O) groups excluding carboxylic acids is 3. The lowest BCUT2D eigenvalue weighted by Gasteiger charge is -2.14. The van der Waals surface area contributed by atoms with Crippen molar-refractivity contribution in [3.05, 3.63) is 88.3 Å². The molecule has 4 rings (SSSR count). The molecule has 2 amide bonds. The molecule has 1 saturated heterocycles. The maximum absolute atomic E-state index is 12.8. The fraction of sp³-hybridized carbons (Fsp3) is 0.0870. The molecule has 0 radical (unpaired) electrons. The predicted molar refractivity (Wildman–Crippen MR) is 113 cm³/mol. The molecule has 0 aromatic heterocycles. The van der Waals surface area contributed by atoms with Crippen LogP contribution in [-0.4, -0.2) is 29.1 Å². The molecule has 0 bridgehead atoms. The van der Waals surface area contributed by atoms with E-state index in [1.165, 1.54) is 12.0 Å². The Hall–Kier alpha value is -3.38. The van der Waals surface area contributed by atoms with E-state index in [1.54, 1.807) is 30.3 Å². The molecule has 3 aromatic carbocycles. The van der Waals surface area contributed by atoms with Gasteiger partial charge in [0, 0.05) is 0 Å². The number of hydrogen-bond donors (Lipinski definition) is 0. The highest BCUT2D eigenvalue weighted by Gasteiger charge is 2.35. The summed E-state index contributed by atoms with van der Waals surface area (Å²) in [7, 11) is 1.32. The molecule has 1 aliphatic heterocycles. The fourth-order valence-electron chi connectivity index (χ4n) is 3.22. The summed E-state index contributed by atoms with van der Waals surface area (Å²) in [6.07, 6.45) is 1.66. The summed E-state index contributed by atoms with van der Waals surface area (Å²) >= 11 is 0.923. The van der Waals surface area contributed by atoms with Crippen molar-refractivity contribution in [2.75, 3.05) is 7.11 Å². The van der Waals surface area contributed by atoms with Crippen molar-refractivity contribution in [2.45, 2.75) is 6.54 Å². The number of nitrogens with zero attached hydrogens (tertiary/aromatic N) is 1. The van der Waals surface area contributed by atoms with E-state index in [0.717, 1.165) is 33.7 Å². The van der Waals surface area contributed by atoms with Gasteiger partial charge in [-0.3, -0.25) is 14.5 Å². The maximum atomic E-state index is 12.8. The van der Waals surface area contributed by atoms with Crippen LogP contribution in [0.2, 0.25) is 0 Å². The van der Waals surface area contributed by atoms with Gasteiger partial charge in [-0.2, -0.15) is 0 Å². The van der Waals surface area contributed by atoms with Gasteiger partial charge in [0.05, 0.1) is 24.1 Å². The zero-order chi connectivity index (χ0) is 20.4. The van der Waals surface area contributed by atoms with Crippen LogP contribution in [0.4, 0.5) is 4.79 Å². The molecular weight excluding hydrogens is 386 g/mol. The quantitative estimate of drug-likeness (QED) is 0.460. The summed E-state index contributed by atoms with van der Waals surface area (Å²) < 4.78 is 4.68. The molecule has 0 N–H and O–H groups in total. The van der Waals surface area contributed by atoms with Crippen molar-refractivity contribution in [3.8, 4) is 0 Å². The van der Waals surface area contributed by atoms with Crippen molar-refractivity contribution in [2.24, 2.45) is 0 Å². The van der Waals surface area contributed by atoms with Gasteiger partial charge in [-0.05, 0) is 51.9 Å². The van der Waals surface area contributed by atoms with Gasteiger partial charge in [-0.1, -0.05) is 54.6 Å². The highest BCUT2D eigenvalue weighted by molar-refractivity contribution is 8.18. The molecule has 1 fully saturated rings. The van der Waals surface area contributed by atoms with Gasteiger partial charge in [0.2, 0.25) is 0 Å². The number of rotatable bonds is 4. The largest absolute Gasteiger partial charge is 0.465 e. The molecule has 29 heavy (non-hydrogen) atoms. The Balaban J connectivity index is 1.57. The Morgan fingerprint density at radius 1 is 1.00 bits per heavy atom. The Labute approximate surface area is 172 Å². The highest BCUT2D eigenvalue weighted by atomic mass is 32.2. The Morgan fingerprint density at radius 3 is 2.48 bits per heavy atom. The minimum atomic E-state index is -0.424. The first-order valence-corrected chi connectivity index (χ1v) is 9.79. The number of fused-ring (bicyclic) bond motifs is 1. The molecule has 0 aliphatic carbocycles. The smallest absolute Gasteiger partial charge is 0.337 e. The molecule has 0 spiro atoms. The molecule has 5 nitrogen and oxygen atoms in total. The predicted octanol–water partition coefficient (Wildman–Crippen LogP) is 4.86. The van der Waals surface area contributed by atoms with Crippen LogP contribution in [0.3, 0.4) is 0 Å². The number of amides is 2. The van der Waals surface area contributed by atoms with E-state index in [9.17, 15) is 14.4 Å². The number of hydrogen-bond acceptors (Lipinski definition) is 5. The van der Waals surface area contributed by atoms with Crippen molar-refractivity contribution in [3.63, 3.8) is 0 Å². The normalized spacial score (nSPS) is 15.3. The number of thioether (sulfide) groups is 1. The van der Waals surface area contributed by atoms with E-state index in [2.05, 4.69) is 4.74 Å². The maximum Gasteiger partial charge on any atom is 0.337 e. The summed E-state index contributed by atoms with van der Waals surface area (Å²) in [5.74, 6) is -0.739. The highest BCUT2D eigenvalue weighted by Crippen LogP contribution is 2.34. The Kier molecular flexibility index (Phi) is 5.18. The van der Waals surface area contributed by atoms with Crippen LogP contribution in [0.5, 0.6) is 0 Å². The van der Waals surface area contributed by atoms with E-state index >= 15 is 0 Å². The molecular formula is C23H17NO4S. The van der Waals surface area contributed by atoms with E-state index in [-0.39, 0.29) is 17.7 Å². The molecule has 144 valence electrons. The van der Waals surface area contributed by atoms with E-state index in [0.29, 0.717) is 10.5 Å². The van der Waals surface area contributed by atoms with E-state index in [4.69, 9.17) is 0 Å². The summed E-state index contributed by atoms with van der Waals surface area (Å²) in [6, 6.07) is 20.4. The van der Waals surface area contributed by atoms with Gasteiger partial charge >= 0.3 is 5.97 Å². The van der Waals surface area contributed by atoms with Crippen molar-refractivity contribution in [1.29, 1.82) is 0 Å². The lowest BCUT2D eigenvalue weighted by Crippen LogP contribution is -2.27. The fourth-order valence-corrected chi connectivity index (χ4v) is 4.06. The number of esters is 1. The molecule has 0 atom stereocenters. The lowest BCUT2D eigenvalue weighted by atomic mass is 10.0. The van der Waals surface area contributed by atoms with Crippen LogP contribution in [0.25, 0.3) is 16.8 Å². The number of imide groups is 1. The van der Waals surface area contributed by atoms with Crippen LogP contribution < -0.4 is 0 Å². The van der Waals surface area contributed by atoms with Gasteiger partial charge in [0.1, 0.15) is 0 Å². The Morgan fingerprint density at radius 2 is 1.72 bits per heavy atom. The van der Waals surface area contributed by atoms with Crippen molar-refractivity contribution in [1.82, 2.24) is 4.90 Å². The average Bonchev–Trinajstić information content (AvgIpc) is 3.01. The first-order chi connectivity index (χ1) is 14.1. The van der Waals surface area contributed by atoms with Gasteiger partial charge in [-0.25, -0.2) is 4.79 Å². The third kappa shape index (κ3) is 3.79. The van der Waals surface area contributed by atoms with Crippen LogP contribution >= 0.6 is 11.8 Å². The minimum absolute atomic E-state index is 0.227. The molecule has 0 saturated carbocycles. The molecule has 1 aliphatic rings. The second-order valence-electron chi connectivity index (χ2n) is 6.52. The number of ether oxygens (including phenoxy) is 1. The first-order valence-electron chi connectivity index (χ1n) is 8.97. The van der Waals surface area contributed by atoms with Crippen LogP contribution in [0, 0.1) is 0 Å². The van der Waals surface area contributed by atoms with Gasteiger partial charge < -0.3 is 4.74 Å². The van der Waals surface area contributed by atoms with Crippen molar-refractivity contribution >= 4 is 45.7 Å². The lowest BCUT2D eigenvalue weighted by molar-refractivity contribution is -0.123. The van der Waals surface area contributed by atoms with Gasteiger partial charge in [-0.15, -0.1) is 0 Å². The van der Waals surface area contributed by atoms with Crippen LogP contribution in [0.15, 0.2) is 71.6 Å². The zero-order valence-corrected chi connectivity index (χ0v) is 16.4. The SMILES string of the molecule is COC(=O)c1ccc(/C=C2\SC(=O)N(Cc3cccc4ccccc34)C2=O)cc1. The topological polar surface area (TPSA) is 63.7 Å². The second kappa shape index (κ2) is 7.93. The van der Waals surface area contributed by atoms with Crippen LogP contribution in [-0.2, 0) is 16.1 Å². The third-order valence-electron chi connectivity index (χ3n) is 4.71. The van der Waals surface area contributed by atoms with Crippen LogP contribution in [0.1, 0.15) is 21.5 Å². The van der Waals surface area contributed by atoms with E-state index < -0.39 is 5.97 Å². The third-order valence-corrected chi connectivity index (χ3v) is 5.62. The summed E-state index contributed by atoms with van der Waals surface area (Å²) in [4.78, 5) is 38.5. The van der Waals surface area contributed by atoms with Gasteiger partial charge in [0.15, 0.2) is 0 Å².